The number of carboxylic acid groups (broad SMARTS) is 1. The first-order chi connectivity index (χ1) is 11.3. The van der Waals surface area contributed by atoms with Gasteiger partial charge in [0.1, 0.15) is 9.77 Å². The molecule has 0 spiro atoms. The summed E-state index contributed by atoms with van der Waals surface area (Å²) in [7, 11) is -3.67. The van der Waals surface area contributed by atoms with E-state index < -0.39 is 28.0 Å². The van der Waals surface area contributed by atoms with Crippen molar-refractivity contribution in [2.45, 2.75) is 37.1 Å². The molecule has 0 aromatic carbocycles. The third kappa shape index (κ3) is 2.84. The minimum atomic E-state index is -3.67. The molecule has 0 aliphatic carbocycles. The van der Waals surface area contributed by atoms with Gasteiger partial charge in [0.05, 0.1) is 5.92 Å². The number of carboxylic acids is 1. The highest BCUT2D eigenvalue weighted by atomic mass is 32.2. The van der Waals surface area contributed by atoms with E-state index in [1.165, 1.54) is 15.3 Å². The van der Waals surface area contributed by atoms with Gasteiger partial charge in [-0.25, -0.2) is 8.42 Å². The van der Waals surface area contributed by atoms with Crippen molar-refractivity contribution >= 4 is 33.2 Å². The normalized spacial score (nSPS) is 25.3. The van der Waals surface area contributed by atoms with Crippen molar-refractivity contribution in [2.75, 3.05) is 19.6 Å². The monoisotopic (exact) mass is 372 g/mol. The number of hydrogen-bond acceptors (Lipinski definition) is 5. The van der Waals surface area contributed by atoms with E-state index in [9.17, 15) is 23.1 Å². The van der Waals surface area contributed by atoms with Gasteiger partial charge in [-0.1, -0.05) is 0 Å². The first kappa shape index (κ1) is 17.4. The van der Waals surface area contributed by atoms with E-state index in [4.69, 9.17) is 0 Å². The summed E-state index contributed by atoms with van der Waals surface area (Å²) in [6, 6.07) is 1.03. The Labute approximate surface area is 144 Å². The van der Waals surface area contributed by atoms with Gasteiger partial charge in [-0.15, -0.1) is 11.3 Å². The van der Waals surface area contributed by atoms with Crippen molar-refractivity contribution in [3.05, 3.63) is 16.3 Å². The van der Waals surface area contributed by atoms with Gasteiger partial charge in [0.15, 0.2) is 0 Å². The van der Waals surface area contributed by atoms with E-state index in [2.05, 4.69) is 0 Å². The lowest BCUT2D eigenvalue weighted by Gasteiger charge is -2.24. The van der Waals surface area contributed by atoms with Crippen molar-refractivity contribution in [1.82, 2.24) is 9.21 Å². The number of aliphatic carboxylic acids is 1. The molecule has 2 aliphatic heterocycles. The van der Waals surface area contributed by atoms with Crippen LogP contribution in [0.1, 0.15) is 35.9 Å². The highest BCUT2D eigenvalue weighted by Gasteiger charge is 2.40. The number of amides is 1. The van der Waals surface area contributed by atoms with Gasteiger partial charge in [-0.05, 0) is 37.6 Å². The Morgan fingerprint density at radius 1 is 1.25 bits per heavy atom. The average Bonchev–Trinajstić information content (AvgIpc) is 3.26. The maximum atomic E-state index is 12.8. The first-order valence-corrected chi connectivity index (χ1v) is 10.3. The molecule has 2 atom stereocenters. The number of carbonyl (C=O) groups excluding carboxylic acids is 1. The zero-order valence-corrected chi connectivity index (χ0v) is 15.0. The third-order valence-electron chi connectivity index (χ3n) is 4.84. The van der Waals surface area contributed by atoms with Crippen molar-refractivity contribution in [3.63, 3.8) is 0 Å². The van der Waals surface area contributed by atoms with Crippen LogP contribution in [0.3, 0.4) is 0 Å². The summed E-state index contributed by atoms with van der Waals surface area (Å²) in [5.41, 5.74) is 0. The summed E-state index contributed by atoms with van der Waals surface area (Å²) in [6.07, 6.45) is 2.05. The number of rotatable bonds is 4. The van der Waals surface area contributed by atoms with Crippen LogP contribution < -0.4 is 0 Å². The number of nitrogens with zero attached hydrogens (tertiary/aromatic N) is 2. The predicted molar refractivity (Wildman–Crippen MR) is 88.6 cm³/mol. The van der Waals surface area contributed by atoms with Crippen LogP contribution in [0.4, 0.5) is 0 Å². The Balaban J connectivity index is 1.88. The van der Waals surface area contributed by atoms with Crippen LogP contribution in [0.15, 0.2) is 16.3 Å². The molecule has 3 heterocycles. The molecule has 2 aliphatic rings. The molecule has 2 saturated heterocycles. The lowest BCUT2D eigenvalue weighted by Crippen LogP contribution is -2.38. The smallest absolute Gasteiger partial charge is 0.308 e. The molecule has 0 saturated carbocycles. The van der Waals surface area contributed by atoms with Gasteiger partial charge in [-0.2, -0.15) is 4.31 Å². The van der Waals surface area contributed by atoms with E-state index in [0.717, 1.165) is 24.2 Å². The SMILES string of the molecule is CC1C(C(=O)O)CCN1C(=O)c1sccc1S(=O)(=O)N1CCCC1. The average molecular weight is 372 g/mol. The molecule has 2 unspecified atom stereocenters. The van der Waals surface area contributed by atoms with Gasteiger partial charge >= 0.3 is 5.97 Å². The molecule has 3 rings (SSSR count). The fourth-order valence-electron chi connectivity index (χ4n) is 3.41. The Hall–Kier alpha value is -1.45. The van der Waals surface area contributed by atoms with E-state index in [1.807, 2.05) is 0 Å². The first-order valence-electron chi connectivity index (χ1n) is 7.95. The number of thiophene rings is 1. The van der Waals surface area contributed by atoms with Gasteiger partial charge in [0, 0.05) is 25.7 Å². The molecule has 7 nitrogen and oxygen atoms in total. The summed E-state index contributed by atoms with van der Waals surface area (Å²) in [5, 5.41) is 10.8. The van der Waals surface area contributed by atoms with Crippen molar-refractivity contribution in [1.29, 1.82) is 0 Å². The van der Waals surface area contributed by atoms with Crippen molar-refractivity contribution < 1.29 is 23.1 Å². The van der Waals surface area contributed by atoms with Crippen molar-refractivity contribution in [2.24, 2.45) is 5.92 Å². The Bertz CT molecular complexity index is 752. The summed E-state index contributed by atoms with van der Waals surface area (Å²) in [4.78, 5) is 25.8. The number of carbonyl (C=O) groups is 2. The standard InChI is InChI=1S/C15H20N2O5S2/c1-10-11(15(19)20)4-8-17(10)14(18)13-12(5-9-23-13)24(21,22)16-6-2-3-7-16/h5,9-11H,2-4,6-8H2,1H3,(H,19,20). The van der Waals surface area contributed by atoms with Crippen molar-refractivity contribution in [3.8, 4) is 0 Å². The summed E-state index contributed by atoms with van der Waals surface area (Å²) in [5.74, 6) is -1.92. The van der Waals surface area contributed by atoms with Crippen LogP contribution in [0.25, 0.3) is 0 Å². The minimum Gasteiger partial charge on any atom is -0.481 e. The number of hydrogen-bond donors (Lipinski definition) is 1. The maximum absolute atomic E-state index is 12.8. The summed E-state index contributed by atoms with van der Waals surface area (Å²) >= 11 is 1.10. The molecule has 132 valence electrons. The van der Waals surface area contributed by atoms with Crippen LogP contribution in [-0.4, -0.2) is 60.3 Å². The van der Waals surface area contributed by atoms with Gasteiger partial charge in [0.25, 0.3) is 5.91 Å². The zero-order valence-electron chi connectivity index (χ0n) is 13.3. The molecule has 0 radical (unpaired) electrons. The largest absolute Gasteiger partial charge is 0.481 e. The molecule has 1 amide bonds. The number of likely N-dealkylation sites (tertiary alicyclic amines) is 1. The predicted octanol–water partition coefficient (Wildman–Crippen LogP) is 1.47. The highest BCUT2D eigenvalue weighted by molar-refractivity contribution is 7.89. The van der Waals surface area contributed by atoms with E-state index >= 15 is 0 Å². The van der Waals surface area contributed by atoms with Crippen LogP contribution in [0.2, 0.25) is 0 Å². The summed E-state index contributed by atoms with van der Waals surface area (Å²) < 4.78 is 26.9. The molecular formula is C15H20N2O5S2. The highest BCUT2D eigenvalue weighted by Crippen LogP contribution is 2.32. The lowest BCUT2D eigenvalue weighted by atomic mass is 10.0. The maximum Gasteiger partial charge on any atom is 0.308 e. The van der Waals surface area contributed by atoms with Crippen LogP contribution in [0.5, 0.6) is 0 Å². The fourth-order valence-corrected chi connectivity index (χ4v) is 6.28. The second kappa shape index (κ2) is 6.45. The Morgan fingerprint density at radius 3 is 2.50 bits per heavy atom. The second-order valence-corrected chi connectivity index (χ2v) is 9.02. The molecule has 1 aromatic heterocycles. The molecule has 9 heteroatoms. The molecule has 2 fully saturated rings. The lowest BCUT2D eigenvalue weighted by molar-refractivity contribution is -0.142. The van der Waals surface area contributed by atoms with Gasteiger partial charge in [-0.3, -0.25) is 9.59 Å². The van der Waals surface area contributed by atoms with E-state index in [1.54, 1.807) is 12.3 Å². The van der Waals surface area contributed by atoms with Gasteiger partial charge in [0.2, 0.25) is 10.0 Å². The zero-order chi connectivity index (χ0) is 17.5. The molecular weight excluding hydrogens is 352 g/mol. The minimum absolute atomic E-state index is 0.0466. The van der Waals surface area contributed by atoms with Gasteiger partial charge < -0.3 is 10.0 Å². The third-order valence-corrected chi connectivity index (χ3v) is 7.81. The second-order valence-electron chi connectivity index (χ2n) is 6.20. The van der Waals surface area contributed by atoms with E-state index in [-0.39, 0.29) is 15.7 Å². The molecule has 24 heavy (non-hydrogen) atoms. The molecule has 0 bridgehead atoms. The summed E-state index contributed by atoms with van der Waals surface area (Å²) in [6.45, 7) is 2.99. The van der Waals surface area contributed by atoms with Crippen LogP contribution in [0, 0.1) is 5.92 Å². The molecule has 1 aromatic rings. The quantitative estimate of drug-likeness (QED) is 0.863. The van der Waals surface area contributed by atoms with E-state index in [0.29, 0.717) is 26.1 Å². The van der Waals surface area contributed by atoms with Crippen LogP contribution >= 0.6 is 11.3 Å². The fraction of sp³-hybridized carbons (Fsp3) is 0.600. The molecule has 1 N–H and O–H groups in total. The topological polar surface area (TPSA) is 95.0 Å². The number of sulfonamides is 1. The Morgan fingerprint density at radius 2 is 1.92 bits per heavy atom. The van der Waals surface area contributed by atoms with Crippen LogP contribution in [-0.2, 0) is 14.8 Å². The Kier molecular flexibility index (Phi) is 4.67.